The van der Waals surface area contributed by atoms with E-state index in [4.69, 9.17) is 15.2 Å². The lowest BCUT2D eigenvalue weighted by molar-refractivity contribution is 0.284. The molecule has 0 bridgehead atoms. The van der Waals surface area contributed by atoms with Gasteiger partial charge < -0.3 is 15.2 Å². The van der Waals surface area contributed by atoms with E-state index in [1.165, 1.54) is 0 Å². The van der Waals surface area contributed by atoms with Crippen molar-refractivity contribution in [2.75, 3.05) is 12.8 Å². The molecule has 2 aromatic carbocycles. The van der Waals surface area contributed by atoms with E-state index in [1.807, 2.05) is 43.3 Å². The number of rotatable bonds is 4. The molecular weight excluding hydrogens is 306 g/mol. The zero-order valence-electron chi connectivity index (χ0n) is 10.9. The minimum atomic E-state index is 0.396. The third-order valence-corrected chi connectivity index (χ3v) is 3.59. The summed E-state index contributed by atoms with van der Waals surface area (Å²) in [4.78, 5) is 0. The predicted octanol–water partition coefficient (Wildman–Crippen LogP) is 3.93. The Hall–Kier alpha value is -1.68. The molecule has 0 unspecified atom stereocenters. The first-order valence-corrected chi connectivity index (χ1v) is 6.71. The third-order valence-electron chi connectivity index (χ3n) is 2.85. The topological polar surface area (TPSA) is 44.5 Å². The molecule has 100 valence electrons. The van der Waals surface area contributed by atoms with Crippen LogP contribution >= 0.6 is 15.9 Å². The number of halogens is 1. The highest BCUT2D eigenvalue weighted by atomic mass is 79.9. The van der Waals surface area contributed by atoms with Gasteiger partial charge in [-0.05, 0) is 36.8 Å². The maximum absolute atomic E-state index is 5.94. The van der Waals surface area contributed by atoms with E-state index in [1.54, 1.807) is 7.11 Å². The maximum atomic E-state index is 5.94. The maximum Gasteiger partial charge on any atom is 0.161 e. The zero-order valence-corrected chi connectivity index (χ0v) is 12.5. The summed E-state index contributed by atoms with van der Waals surface area (Å²) in [5.74, 6) is 1.44. The quantitative estimate of drug-likeness (QED) is 0.868. The van der Waals surface area contributed by atoms with Crippen molar-refractivity contribution in [2.24, 2.45) is 0 Å². The Morgan fingerprint density at radius 3 is 2.63 bits per heavy atom. The molecule has 0 radical (unpaired) electrons. The van der Waals surface area contributed by atoms with Crippen molar-refractivity contribution in [2.45, 2.75) is 13.5 Å². The average molecular weight is 322 g/mol. The number of nitrogen functional groups attached to an aromatic ring is 1. The summed E-state index contributed by atoms with van der Waals surface area (Å²) in [5.41, 5.74) is 8.71. The van der Waals surface area contributed by atoms with Gasteiger partial charge in [0.1, 0.15) is 6.61 Å². The largest absolute Gasteiger partial charge is 0.493 e. The number of aryl methyl sites for hydroxylation is 1. The van der Waals surface area contributed by atoms with E-state index in [2.05, 4.69) is 15.9 Å². The molecule has 2 N–H and O–H groups in total. The molecule has 0 heterocycles. The van der Waals surface area contributed by atoms with Crippen LogP contribution in [0.5, 0.6) is 11.5 Å². The van der Waals surface area contributed by atoms with Gasteiger partial charge in [-0.1, -0.05) is 28.1 Å². The van der Waals surface area contributed by atoms with Crippen LogP contribution in [-0.4, -0.2) is 7.11 Å². The van der Waals surface area contributed by atoms with Crippen molar-refractivity contribution in [3.8, 4) is 11.5 Å². The molecule has 0 aliphatic rings. The van der Waals surface area contributed by atoms with Crippen LogP contribution in [0.2, 0.25) is 0 Å². The predicted molar refractivity (Wildman–Crippen MR) is 80.6 cm³/mol. The first kappa shape index (κ1) is 13.7. The number of ether oxygens (including phenoxy) is 2. The molecule has 0 fully saturated rings. The minimum absolute atomic E-state index is 0.396. The molecule has 0 aliphatic carbocycles. The monoisotopic (exact) mass is 321 g/mol. The van der Waals surface area contributed by atoms with Crippen LogP contribution in [0.1, 0.15) is 11.1 Å². The van der Waals surface area contributed by atoms with Crippen LogP contribution in [0.15, 0.2) is 40.9 Å². The Kier molecular flexibility index (Phi) is 4.32. The summed E-state index contributed by atoms with van der Waals surface area (Å²) in [6.07, 6.45) is 0. The number of anilines is 1. The van der Waals surface area contributed by atoms with Crippen LogP contribution in [0.3, 0.4) is 0 Å². The number of hydrogen-bond donors (Lipinski definition) is 1. The van der Waals surface area contributed by atoms with Gasteiger partial charge in [0, 0.05) is 15.7 Å². The van der Waals surface area contributed by atoms with Gasteiger partial charge in [0.05, 0.1) is 7.11 Å². The van der Waals surface area contributed by atoms with Crippen molar-refractivity contribution in [1.29, 1.82) is 0 Å². The highest BCUT2D eigenvalue weighted by molar-refractivity contribution is 9.10. The molecule has 0 amide bonds. The molecule has 0 saturated heterocycles. The van der Waals surface area contributed by atoms with Crippen LogP contribution in [0.4, 0.5) is 5.69 Å². The number of nitrogens with two attached hydrogens (primary N) is 1. The summed E-state index contributed by atoms with van der Waals surface area (Å²) in [7, 11) is 1.63. The van der Waals surface area contributed by atoms with Crippen LogP contribution in [0, 0.1) is 6.92 Å². The van der Waals surface area contributed by atoms with E-state index in [-0.39, 0.29) is 0 Å². The minimum Gasteiger partial charge on any atom is -0.493 e. The van der Waals surface area contributed by atoms with Gasteiger partial charge in [0.25, 0.3) is 0 Å². The van der Waals surface area contributed by atoms with Gasteiger partial charge in [-0.15, -0.1) is 0 Å². The van der Waals surface area contributed by atoms with Gasteiger partial charge in [-0.2, -0.15) is 0 Å². The average Bonchev–Trinajstić information content (AvgIpc) is 2.39. The highest BCUT2D eigenvalue weighted by Gasteiger charge is 2.08. The molecule has 2 aromatic rings. The molecule has 19 heavy (non-hydrogen) atoms. The second-order valence-corrected chi connectivity index (χ2v) is 5.10. The van der Waals surface area contributed by atoms with E-state index >= 15 is 0 Å². The third kappa shape index (κ3) is 3.20. The highest BCUT2D eigenvalue weighted by Crippen LogP contribution is 2.30. The van der Waals surface area contributed by atoms with E-state index in [9.17, 15) is 0 Å². The molecule has 0 atom stereocenters. The number of methoxy groups -OCH3 is 1. The van der Waals surface area contributed by atoms with Crippen molar-refractivity contribution in [3.05, 3.63) is 52.0 Å². The van der Waals surface area contributed by atoms with Crippen molar-refractivity contribution in [3.63, 3.8) is 0 Å². The second kappa shape index (κ2) is 5.97. The fourth-order valence-electron chi connectivity index (χ4n) is 1.77. The summed E-state index contributed by atoms with van der Waals surface area (Å²) in [6.45, 7) is 2.41. The second-order valence-electron chi connectivity index (χ2n) is 4.25. The Balaban J connectivity index is 2.19. The standard InChI is InChI=1S/C15H16BrNO2/c1-10-6-7-14(15(8-10)18-2)19-9-11-12(16)4-3-5-13(11)17/h3-8H,9,17H2,1-2H3. The number of hydrogen-bond acceptors (Lipinski definition) is 3. The zero-order chi connectivity index (χ0) is 13.8. The molecular formula is C15H16BrNO2. The summed E-state index contributed by atoms with van der Waals surface area (Å²) in [6, 6.07) is 11.5. The summed E-state index contributed by atoms with van der Waals surface area (Å²) < 4.78 is 12.0. The fourth-order valence-corrected chi connectivity index (χ4v) is 2.27. The first-order valence-electron chi connectivity index (χ1n) is 5.92. The fraction of sp³-hybridized carbons (Fsp3) is 0.200. The lowest BCUT2D eigenvalue weighted by Gasteiger charge is -2.13. The Bertz CT molecular complexity index is 564. The van der Waals surface area contributed by atoms with Crippen LogP contribution in [0.25, 0.3) is 0 Å². The lowest BCUT2D eigenvalue weighted by atomic mass is 10.2. The Morgan fingerprint density at radius 2 is 1.95 bits per heavy atom. The summed E-state index contributed by atoms with van der Waals surface area (Å²) >= 11 is 3.48. The van der Waals surface area contributed by atoms with Gasteiger partial charge in [0.15, 0.2) is 11.5 Å². The van der Waals surface area contributed by atoms with Gasteiger partial charge in [-0.25, -0.2) is 0 Å². The number of benzene rings is 2. The van der Waals surface area contributed by atoms with Gasteiger partial charge >= 0.3 is 0 Å². The Morgan fingerprint density at radius 1 is 1.16 bits per heavy atom. The molecule has 0 aromatic heterocycles. The van der Waals surface area contributed by atoms with E-state index in [0.717, 1.165) is 21.3 Å². The van der Waals surface area contributed by atoms with Crippen molar-refractivity contribution < 1.29 is 9.47 Å². The van der Waals surface area contributed by atoms with Crippen LogP contribution in [-0.2, 0) is 6.61 Å². The normalized spacial score (nSPS) is 10.3. The lowest BCUT2D eigenvalue weighted by Crippen LogP contribution is -2.02. The molecule has 4 heteroatoms. The molecule has 0 saturated carbocycles. The molecule has 0 spiro atoms. The summed E-state index contributed by atoms with van der Waals surface area (Å²) in [5, 5.41) is 0. The van der Waals surface area contributed by atoms with Gasteiger partial charge in [-0.3, -0.25) is 0 Å². The van der Waals surface area contributed by atoms with Crippen molar-refractivity contribution >= 4 is 21.6 Å². The molecule has 0 aliphatic heterocycles. The molecule has 3 nitrogen and oxygen atoms in total. The Labute approximate surface area is 121 Å². The van der Waals surface area contributed by atoms with Crippen LogP contribution < -0.4 is 15.2 Å². The van der Waals surface area contributed by atoms with Crippen molar-refractivity contribution in [1.82, 2.24) is 0 Å². The van der Waals surface area contributed by atoms with E-state index in [0.29, 0.717) is 18.0 Å². The van der Waals surface area contributed by atoms with Gasteiger partial charge in [0.2, 0.25) is 0 Å². The smallest absolute Gasteiger partial charge is 0.161 e. The SMILES string of the molecule is COc1cc(C)ccc1OCc1c(N)cccc1Br. The van der Waals surface area contributed by atoms with E-state index < -0.39 is 0 Å². The first-order chi connectivity index (χ1) is 9.11. The molecule has 2 rings (SSSR count).